The van der Waals surface area contributed by atoms with Crippen LogP contribution in [0.1, 0.15) is 379 Å². The van der Waals surface area contributed by atoms with Crippen molar-refractivity contribution in [1.29, 1.82) is 0 Å². The van der Waals surface area contributed by atoms with Crippen LogP contribution >= 0.6 is 0 Å². The summed E-state index contributed by atoms with van der Waals surface area (Å²) in [4.78, 5) is 0. The number of aromatic nitrogens is 10. The van der Waals surface area contributed by atoms with Crippen molar-refractivity contribution in [3.63, 3.8) is 0 Å². The summed E-state index contributed by atoms with van der Waals surface area (Å²) in [6, 6.07) is 86.3. The third-order valence-corrected chi connectivity index (χ3v) is 27.6. The maximum atomic E-state index is 8.15. The molecular weight excluding hydrogens is 1610 g/mol. The molecule has 0 radical (unpaired) electrons. The largest absolute Gasteiger partial charge is 0.272 e. The Hall–Kier alpha value is -11.2. The van der Waals surface area contributed by atoms with Crippen LogP contribution in [-0.4, -0.2) is 22.8 Å². The number of nitrogens with zero attached hydrogens (tertiary/aromatic N) is 10. The van der Waals surface area contributed by atoms with Gasteiger partial charge in [0.25, 0.3) is 29.1 Å². The lowest BCUT2D eigenvalue weighted by Crippen LogP contribution is -2.46. The van der Waals surface area contributed by atoms with E-state index in [0.29, 0.717) is 59.3 Å². The average Bonchev–Trinajstić information content (AvgIpc) is 1.59. The zero-order valence-electron chi connectivity index (χ0n) is 90.2. The predicted molar refractivity (Wildman–Crippen MR) is 558 cm³/mol. The molecule has 0 saturated carbocycles. The third kappa shape index (κ3) is 20.3. The smallest absolute Gasteiger partial charge is 0.231 e. The molecule has 0 saturated heterocycles. The summed E-state index contributed by atoms with van der Waals surface area (Å²) >= 11 is 0. The fourth-order valence-electron chi connectivity index (χ4n) is 21.3. The maximum absolute atomic E-state index is 8.15. The number of rotatable bonds is 23. The molecule has 0 N–H and O–H groups in total. The summed E-state index contributed by atoms with van der Waals surface area (Å²) in [7, 11) is 4.41. The first-order chi connectivity index (χ1) is 63.4. The second kappa shape index (κ2) is 41.5. The fraction of sp³-hybridized carbons (Fsp3) is 0.418. The van der Waals surface area contributed by atoms with Gasteiger partial charge in [0.1, 0.15) is 54.2 Å². The normalized spacial score (nSPS) is 12.8. The number of para-hydroxylation sites is 7. The van der Waals surface area contributed by atoms with E-state index >= 15 is 0 Å². The van der Waals surface area contributed by atoms with Crippen LogP contribution in [0.5, 0.6) is 0 Å². The molecule has 5 aromatic heterocycles. The van der Waals surface area contributed by atoms with Crippen molar-refractivity contribution in [2.24, 2.45) is 14.1 Å². The molecule has 10 aromatic carbocycles. The minimum atomic E-state index is -2.19. The summed E-state index contributed by atoms with van der Waals surface area (Å²) in [6.07, 6.45) is 13.0. The van der Waals surface area contributed by atoms with Crippen LogP contribution < -0.4 is 22.8 Å². The van der Waals surface area contributed by atoms with Crippen LogP contribution in [0, 0.1) is 27.6 Å². The van der Waals surface area contributed by atoms with E-state index in [9.17, 15) is 0 Å². The van der Waals surface area contributed by atoms with Crippen LogP contribution in [0.3, 0.4) is 0 Å². The Morgan fingerprint density at radius 1 is 0.258 bits per heavy atom. The van der Waals surface area contributed by atoms with Crippen LogP contribution in [0.15, 0.2) is 274 Å². The van der Waals surface area contributed by atoms with Gasteiger partial charge in [-0.1, -0.05) is 269 Å². The molecule has 10 heteroatoms. The molecular formula is C122H163N10+5. The highest BCUT2D eigenvalue weighted by Crippen LogP contribution is 2.44. The van der Waals surface area contributed by atoms with E-state index in [4.69, 9.17) is 4.11 Å². The molecule has 5 heterocycles. The van der Waals surface area contributed by atoms with Crippen molar-refractivity contribution in [1.82, 2.24) is 22.8 Å². The zero-order chi connectivity index (χ0) is 99.4. The summed E-state index contributed by atoms with van der Waals surface area (Å²) < 4.78 is 48.2. The Morgan fingerprint density at radius 2 is 0.492 bits per heavy atom. The van der Waals surface area contributed by atoms with Gasteiger partial charge in [-0.2, -0.15) is 13.7 Å². The summed E-state index contributed by atoms with van der Waals surface area (Å²) in [5.41, 5.74) is 25.6. The van der Waals surface area contributed by atoms with E-state index < -0.39 is 6.85 Å². The van der Waals surface area contributed by atoms with E-state index in [1.807, 2.05) is 25.3 Å². The number of hydrogen-bond donors (Lipinski definition) is 0. The first-order valence-electron chi connectivity index (χ1n) is 50.5. The van der Waals surface area contributed by atoms with E-state index in [-0.39, 0.29) is 33.1 Å². The van der Waals surface area contributed by atoms with E-state index in [0.717, 1.165) is 17.1 Å². The first-order valence-corrected chi connectivity index (χ1v) is 49.0. The molecule has 15 rings (SSSR count). The Morgan fingerprint density at radius 3 is 0.765 bits per heavy atom. The Labute approximate surface area is 801 Å². The zero-order valence-corrected chi connectivity index (χ0v) is 87.2. The van der Waals surface area contributed by atoms with Gasteiger partial charge in [-0.25, -0.2) is 32.0 Å². The molecule has 0 bridgehead atoms. The summed E-state index contributed by atoms with van der Waals surface area (Å²) in [5.74, 6) is 8.84. The highest BCUT2D eigenvalue weighted by atomic mass is 15.2. The van der Waals surface area contributed by atoms with Gasteiger partial charge in [0.05, 0.1) is 71.4 Å². The van der Waals surface area contributed by atoms with Gasteiger partial charge >= 0.3 is 0 Å². The topological polar surface area (TPSA) is 44.0 Å². The molecule has 0 amide bonds. The number of benzene rings is 10. The standard InChI is InChI=1S/2C26H35N2.C24H31N2.2C23H31N2/c2*1-18(2)22-14-9-10-15-23(22)26(7,8)25-27(19(3)4)16-17-28(25)24-20(5)12-11-13-21(24)6;1-18(2)21-14-10-11-15-22(21)24(5,6)23-25(19(3)4)16-17-26(23)20-12-8-7-9-13-20;2*1-16(2)18-12-8-9-13-19(18)23(5,6)22-24(7)20-14-10-11-15-21(20)25(22)17(3)4/h2*9-19H,1-8H3;7-19H,1-6H3;2*8-17H,1-7H3/q5*+1/i5D3;;;;. The van der Waals surface area contributed by atoms with Crippen molar-refractivity contribution >= 4 is 22.1 Å². The Balaban J connectivity index is 0.000000163. The average molecular weight is 1770 g/mol. The van der Waals surface area contributed by atoms with Crippen molar-refractivity contribution in [3.05, 3.63) is 381 Å². The van der Waals surface area contributed by atoms with Crippen molar-refractivity contribution in [2.45, 2.75) is 322 Å². The van der Waals surface area contributed by atoms with Crippen molar-refractivity contribution < 1.29 is 26.9 Å². The lowest BCUT2D eigenvalue weighted by Gasteiger charge is -2.28. The monoisotopic (exact) mass is 1770 g/mol. The third-order valence-electron chi connectivity index (χ3n) is 27.6. The molecule has 0 aliphatic rings. The van der Waals surface area contributed by atoms with Crippen LogP contribution in [0.25, 0.3) is 39.1 Å². The molecule has 0 spiro atoms. The van der Waals surface area contributed by atoms with Gasteiger partial charge in [-0.15, -0.1) is 0 Å². The SMILES string of the molecule is CC(C)c1ccccc1C(C)(C)c1n(-c2ccccc2)cc[n+]1C(C)C.CC(C)c1ccccc1C(C)(C)c1n(C(C)C)c2ccccc2[n+]1C.CC(C)c1ccccc1C(C)(C)c1n(C(C)C)c2ccccc2[n+]1C.Cc1cccc(C)c1-n1cc[n+](C(C)C)c1C(C)(C)c1ccccc1C(C)C.[2H]C([2H])([2H])c1cccc(C)c1-n1cc[n+](C(C)C)c1C(C)(C)c1ccccc1C(C)C. The summed E-state index contributed by atoms with van der Waals surface area (Å²) in [5, 5.41) is 0. The van der Waals surface area contributed by atoms with Crippen LogP contribution in [0.4, 0.5) is 0 Å². The van der Waals surface area contributed by atoms with Crippen LogP contribution in [0.2, 0.25) is 0 Å². The quantitative estimate of drug-likeness (QED) is 0.0573. The first kappa shape index (κ1) is 96.8. The number of fused-ring (bicyclic) bond motifs is 2. The van der Waals surface area contributed by atoms with Gasteiger partial charge in [-0.05, 0) is 310 Å². The molecule has 10 nitrogen and oxygen atoms in total. The minimum Gasteiger partial charge on any atom is -0.231 e. The predicted octanol–water partition coefficient (Wildman–Crippen LogP) is 29.6. The highest BCUT2D eigenvalue weighted by molar-refractivity contribution is 5.74. The number of hydrogen-bond acceptors (Lipinski definition) is 0. The lowest BCUT2D eigenvalue weighted by molar-refractivity contribution is -0.725. The van der Waals surface area contributed by atoms with Crippen molar-refractivity contribution in [3.8, 4) is 17.1 Å². The highest BCUT2D eigenvalue weighted by Gasteiger charge is 2.46. The number of aryl methyl sites for hydroxylation is 6. The maximum Gasteiger partial charge on any atom is 0.272 e. The Bertz CT molecular complexity index is 6370. The molecule has 0 atom stereocenters. The Kier molecular flexibility index (Phi) is 30.4. The van der Waals surface area contributed by atoms with E-state index in [1.54, 1.807) is 6.07 Å². The lowest BCUT2D eigenvalue weighted by atomic mass is 9.78. The summed E-state index contributed by atoms with van der Waals surface area (Å²) in [6.45, 7) is 72.8. The molecule has 132 heavy (non-hydrogen) atoms. The molecule has 0 aliphatic carbocycles. The fourth-order valence-corrected chi connectivity index (χ4v) is 21.3. The van der Waals surface area contributed by atoms with Gasteiger partial charge in [0, 0.05) is 4.11 Å². The molecule has 0 aliphatic heterocycles. The van der Waals surface area contributed by atoms with Crippen LogP contribution in [-0.2, 0) is 41.2 Å². The van der Waals surface area contributed by atoms with Gasteiger partial charge in [0.15, 0.2) is 22.1 Å². The van der Waals surface area contributed by atoms with Gasteiger partial charge in [0.2, 0.25) is 0 Å². The molecule has 0 unspecified atom stereocenters. The second-order valence-electron chi connectivity index (χ2n) is 42.5. The van der Waals surface area contributed by atoms with Gasteiger partial charge in [-0.3, -0.25) is 0 Å². The molecule has 696 valence electrons. The molecule has 15 aromatic rings. The van der Waals surface area contributed by atoms with Gasteiger partial charge < -0.3 is 0 Å². The molecule has 0 fully saturated rings. The van der Waals surface area contributed by atoms with E-state index in [2.05, 4.69) is 531 Å². The van der Waals surface area contributed by atoms with Crippen molar-refractivity contribution in [2.75, 3.05) is 0 Å². The van der Waals surface area contributed by atoms with E-state index in [1.165, 1.54) is 124 Å². The minimum absolute atomic E-state index is 0.0844. The second-order valence-corrected chi connectivity index (χ2v) is 42.5. The number of imidazole rings is 5.